The average molecular weight is 464 g/mol. The number of nitriles is 1. The first kappa shape index (κ1) is 22.6. The molecule has 33 heavy (non-hydrogen) atoms. The van der Waals surface area contributed by atoms with Crippen molar-refractivity contribution in [2.24, 2.45) is 7.05 Å². The van der Waals surface area contributed by atoms with Crippen molar-refractivity contribution in [2.45, 2.75) is 38.8 Å². The average Bonchev–Trinajstić information content (AvgIpc) is 3.39. The molecule has 3 heterocycles. The zero-order valence-electron chi connectivity index (χ0n) is 18.6. The fourth-order valence-corrected chi connectivity index (χ4v) is 5.10. The number of nitrogens with zero attached hydrogens (tertiary/aromatic N) is 4. The maximum Gasteiger partial charge on any atom is 0.410 e. The van der Waals surface area contributed by atoms with Gasteiger partial charge in [-0.2, -0.15) is 5.26 Å². The molecule has 4 rings (SSSR count). The molecule has 8 nitrogen and oxygen atoms in total. The molecular weight excluding hydrogens is 438 g/mol. The second kappa shape index (κ2) is 9.88. The van der Waals surface area contributed by atoms with Crippen LogP contribution in [0.4, 0.5) is 9.80 Å². The van der Waals surface area contributed by atoms with Crippen LogP contribution in [0, 0.1) is 11.3 Å². The van der Waals surface area contributed by atoms with Crippen LogP contribution >= 0.6 is 11.3 Å². The molecule has 2 amide bonds. The maximum atomic E-state index is 12.7. The van der Waals surface area contributed by atoms with Crippen molar-refractivity contribution >= 4 is 28.3 Å². The van der Waals surface area contributed by atoms with Gasteiger partial charge in [-0.1, -0.05) is 37.3 Å². The molecule has 0 saturated heterocycles. The van der Waals surface area contributed by atoms with Gasteiger partial charge in [0.05, 0.1) is 12.1 Å². The van der Waals surface area contributed by atoms with Gasteiger partial charge in [0, 0.05) is 37.3 Å². The first-order valence-corrected chi connectivity index (χ1v) is 11.5. The Morgan fingerprint density at radius 3 is 2.82 bits per heavy atom. The van der Waals surface area contributed by atoms with Gasteiger partial charge in [-0.3, -0.25) is 4.79 Å². The highest BCUT2D eigenvalue weighted by atomic mass is 32.1. The zero-order valence-corrected chi connectivity index (χ0v) is 19.4. The monoisotopic (exact) mass is 463 g/mol. The summed E-state index contributed by atoms with van der Waals surface area (Å²) < 4.78 is 7.21. The van der Waals surface area contributed by atoms with E-state index in [9.17, 15) is 14.9 Å². The first-order chi connectivity index (χ1) is 16.0. The van der Waals surface area contributed by atoms with E-state index in [1.54, 1.807) is 21.9 Å². The SMILES string of the molecule is C[C@@H](CC(=O)Nc1sc2c(c1C#N)CCN(C(=O)OCc1nccn1C)C2)c1ccccc1. The van der Waals surface area contributed by atoms with Crippen molar-refractivity contribution in [3.8, 4) is 6.07 Å². The van der Waals surface area contributed by atoms with Gasteiger partial charge < -0.3 is 19.5 Å². The largest absolute Gasteiger partial charge is 0.441 e. The molecule has 2 aromatic heterocycles. The molecule has 0 bridgehead atoms. The molecule has 3 aromatic rings. The predicted molar refractivity (Wildman–Crippen MR) is 125 cm³/mol. The van der Waals surface area contributed by atoms with E-state index >= 15 is 0 Å². The quantitative estimate of drug-likeness (QED) is 0.591. The zero-order chi connectivity index (χ0) is 23.4. The minimum Gasteiger partial charge on any atom is -0.441 e. The number of ether oxygens (including phenoxy) is 1. The molecule has 0 aliphatic carbocycles. The van der Waals surface area contributed by atoms with Gasteiger partial charge >= 0.3 is 6.09 Å². The van der Waals surface area contributed by atoms with Crippen LogP contribution in [0.3, 0.4) is 0 Å². The molecule has 1 atom stereocenters. The topological polar surface area (TPSA) is 100 Å². The third kappa shape index (κ3) is 5.07. The summed E-state index contributed by atoms with van der Waals surface area (Å²) in [7, 11) is 1.84. The Labute approximate surface area is 196 Å². The number of rotatable bonds is 6. The molecule has 1 N–H and O–H groups in total. The summed E-state index contributed by atoms with van der Waals surface area (Å²) in [4.78, 5) is 31.9. The van der Waals surface area contributed by atoms with Crippen molar-refractivity contribution in [1.82, 2.24) is 14.5 Å². The number of amides is 2. The smallest absolute Gasteiger partial charge is 0.410 e. The molecule has 0 fully saturated rings. The van der Waals surface area contributed by atoms with Gasteiger partial charge in [0.15, 0.2) is 6.61 Å². The Morgan fingerprint density at radius 1 is 1.33 bits per heavy atom. The van der Waals surface area contributed by atoms with E-state index in [4.69, 9.17) is 4.74 Å². The summed E-state index contributed by atoms with van der Waals surface area (Å²) in [5, 5.41) is 13.2. The van der Waals surface area contributed by atoms with E-state index in [1.807, 2.05) is 44.3 Å². The van der Waals surface area contributed by atoms with Crippen LogP contribution in [0.5, 0.6) is 0 Å². The van der Waals surface area contributed by atoms with E-state index in [0.29, 0.717) is 42.3 Å². The van der Waals surface area contributed by atoms with Gasteiger partial charge in [0.2, 0.25) is 5.91 Å². The lowest BCUT2D eigenvalue weighted by molar-refractivity contribution is -0.116. The normalized spacial score (nSPS) is 13.7. The second-order valence-corrected chi connectivity index (χ2v) is 9.17. The number of nitrogens with one attached hydrogen (secondary N) is 1. The van der Waals surface area contributed by atoms with Gasteiger partial charge in [-0.25, -0.2) is 9.78 Å². The first-order valence-electron chi connectivity index (χ1n) is 10.7. The number of fused-ring (bicyclic) bond motifs is 1. The molecule has 1 aliphatic rings. The summed E-state index contributed by atoms with van der Waals surface area (Å²) in [6.07, 6.45) is 3.90. The number of aryl methyl sites for hydroxylation is 1. The fraction of sp³-hybridized carbons (Fsp3) is 0.333. The summed E-state index contributed by atoms with van der Waals surface area (Å²) in [5.41, 5.74) is 2.50. The Morgan fingerprint density at radius 2 is 2.12 bits per heavy atom. The van der Waals surface area contributed by atoms with Crippen LogP contribution in [0.25, 0.3) is 0 Å². The number of carbonyl (C=O) groups is 2. The van der Waals surface area contributed by atoms with E-state index in [1.165, 1.54) is 11.3 Å². The van der Waals surface area contributed by atoms with Gasteiger partial charge in [-0.15, -0.1) is 11.3 Å². The number of benzene rings is 1. The highest BCUT2D eigenvalue weighted by Crippen LogP contribution is 2.37. The van der Waals surface area contributed by atoms with Gasteiger partial charge in [-0.05, 0) is 23.5 Å². The highest BCUT2D eigenvalue weighted by Gasteiger charge is 2.28. The van der Waals surface area contributed by atoms with Crippen LogP contribution in [0.15, 0.2) is 42.7 Å². The third-order valence-corrected chi connectivity index (χ3v) is 6.92. The standard InChI is InChI=1S/C24H25N5O3S/c1-16(17-6-4-3-5-7-17)12-22(30)27-23-19(13-25)18-8-10-29(14-20(18)33-23)24(31)32-15-21-26-9-11-28(21)2/h3-7,9,11,16H,8,10,12,14-15H2,1-2H3,(H,27,30)/t16-/m0/s1. The number of hydrogen-bond donors (Lipinski definition) is 1. The van der Waals surface area contributed by atoms with E-state index < -0.39 is 6.09 Å². The van der Waals surface area contributed by atoms with Crippen LogP contribution in [0.1, 0.15) is 46.7 Å². The van der Waals surface area contributed by atoms with Crippen molar-refractivity contribution in [1.29, 1.82) is 5.26 Å². The fourth-order valence-electron chi connectivity index (χ4n) is 3.87. The van der Waals surface area contributed by atoms with Crippen molar-refractivity contribution in [3.63, 3.8) is 0 Å². The number of hydrogen-bond acceptors (Lipinski definition) is 6. The molecule has 170 valence electrons. The third-order valence-electron chi connectivity index (χ3n) is 5.79. The Bertz CT molecular complexity index is 1190. The van der Waals surface area contributed by atoms with Crippen LogP contribution in [-0.4, -0.2) is 33.0 Å². The van der Waals surface area contributed by atoms with E-state index in [-0.39, 0.29) is 18.4 Å². The van der Waals surface area contributed by atoms with Crippen molar-refractivity contribution in [3.05, 3.63) is 70.1 Å². The number of imidazole rings is 1. The minimum absolute atomic E-state index is 0.0651. The number of aromatic nitrogens is 2. The van der Waals surface area contributed by atoms with E-state index in [0.717, 1.165) is 16.0 Å². The van der Waals surface area contributed by atoms with E-state index in [2.05, 4.69) is 16.4 Å². The lowest BCUT2D eigenvalue weighted by Crippen LogP contribution is -2.36. The summed E-state index contributed by atoms with van der Waals surface area (Å²) in [5.74, 6) is 0.599. The Hall–Kier alpha value is -3.64. The molecule has 0 radical (unpaired) electrons. The lowest BCUT2D eigenvalue weighted by Gasteiger charge is -2.26. The van der Waals surface area contributed by atoms with Crippen LogP contribution in [0.2, 0.25) is 0 Å². The van der Waals surface area contributed by atoms with Crippen LogP contribution in [-0.2, 0) is 36.2 Å². The van der Waals surface area contributed by atoms with Crippen molar-refractivity contribution < 1.29 is 14.3 Å². The van der Waals surface area contributed by atoms with Gasteiger partial charge in [0.25, 0.3) is 0 Å². The van der Waals surface area contributed by atoms with Crippen molar-refractivity contribution in [2.75, 3.05) is 11.9 Å². The minimum atomic E-state index is -0.419. The Kier molecular flexibility index (Phi) is 6.75. The number of thiophene rings is 1. The highest BCUT2D eigenvalue weighted by molar-refractivity contribution is 7.16. The molecule has 1 aliphatic heterocycles. The van der Waals surface area contributed by atoms with Crippen LogP contribution < -0.4 is 5.32 Å². The number of carbonyl (C=O) groups excluding carboxylic acids is 2. The summed E-state index contributed by atoms with van der Waals surface area (Å²) in [6.45, 7) is 2.91. The molecule has 0 unspecified atom stereocenters. The predicted octanol–water partition coefficient (Wildman–Crippen LogP) is 4.18. The number of anilines is 1. The second-order valence-electron chi connectivity index (χ2n) is 8.06. The van der Waals surface area contributed by atoms with Gasteiger partial charge in [0.1, 0.15) is 16.9 Å². The summed E-state index contributed by atoms with van der Waals surface area (Å²) >= 11 is 1.36. The molecule has 0 saturated carbocycles. The maximum absolute atomic E-state index is 12.7. The Balaban J connectivity index is 1.40. The molecule has 1 aromatic carbocycles. The molecule has 0 spiro atoms. The molecular formula is C24H25N5O3S. The molecule has 9 heteroatoms. The lowest BCUT2D eigenvalue weighted by atomic mass is 9.97. The summed E-state index contributed by atoms with van der Waals surface area (Å²) in [6, 6.07) is 12.1.